The van der Waals surface area contributed by atoms with Gasteiger partial charge in [0.1, 0.15) is 57.7 Å². The van der Waals surface area contributed by atoms with Crippen LogP contribution in [0, 0.1) is 5.82 Å². The molecule has 0 fully saturated rings. The van der Waals surface area contributed by atoms with Crippen molar-refractivity contribution in [3.8, 4) is 17.1 Å². The SMILES string of the molecule is CON[C@@H](CS(C)(=O)=O)c1ccc(-c2ccc3ncnc(Nc4ccc(OCc5cccc(F)c5)c(Cl)c4)c3c2)o1. The van der Waals surface area contributed by atoms with Gasteiger partial charge in [-0.1, -0.05) is 23.7 Å². The molecule has 0 unspecified atom stereocenters. The molecular weight excluding hydrogens is 571 g/mol. The molecule has 0 radical (unpaired) electrons. The zero-order valence-corrected chi connectivity index (χ0v) is 23.7. The van der Waals surface area contributed by atoms with E-state index in [1.807, 2.05) is 18.2 Å². The van der Waals surface area contributed by atoms with Crippen molar-refractivity contribution in [2.75, 3.05) is 24.4 Å². The van der Waals surface area contributed by atoms with Crippen LogP contribution >= 0.6 is 11.6 Å². The highest BCUT2D eigenvalue weighted by Crippen LogP contribution is 2.33. The Hall–Kier alpha value is -4.03. The molecule has 0 aliphatic carbocycles. The highest BCUT2D eigenvalue weighted by molar-refractivity contribution is 7.90. The van der Waals surface area contributed by atoms with Crippen molar-refractivity contribution < 1.29 is 26.8 Å². The molecule has 212 valence electrons. The van der Waals surface area contributed by atoms with Gasteiger partial charge in [-0.2, -0.15) is 5.48 Å². The van der Waals surface area contributed by atoms with E-state index in [2.05, 4.69) is 20.8 Å². The summed E-state index contributed by atoms with van der Waals surface area (Å²) in [5.41, 5.74) is 5.49. The Morgan fingerprint density at radius 3 is 2.66 bits per heavy atom. The molecule has 0 saturated carbocycles. The molecule has 2 heterocycles. The number of nitrogens with one attached hydrogen (secondary N) is 2. The van der Waals surface area contributed by atoms with Crippen molar-refractivity contribution in [1.29, 1.82) is 0 Å². The van der Waals surface area contributed by atoms with E-state index in [1.54, 1.807) is 42.5 Å². The van der Waals surface area contributed by atoms with E-state index in [0.717, 1.165) is 17.2 Å². The van der Waals surface area contributed by atoms with Crippen LogP contribution in [0.15, 0.2) is 83.5 Å². The molecule has 1 atom stereocenters. The summed E-state index contributed by atoms with van der Waals surface area (Å²) in [6.07, 6.45) is 2.61. The fraction of sp³-hybridized carbons (Fsp3) is 0.172. The van der Waals surface area contributed by atoms with Gasteiger partial charge in [0, 0.05) is 22.9 Å². The summed E-state index contributed by atoms with van der Waals surface area (Å²) < 4.78 is 48.9. The standard InChI is InChI=1S/C29H26ClFN4O5S/c1-38-35-25(16-41(2,36)37)28-11-10-26(40-28)19-6-8-24-22(13-19)29(33-17-32-24)34-21-7-9-27(23(30)14-21)39-15-18-4-3-5-20(31)12-18/h3-14,17,25,35H,15-16H2,1-2H3,(H,32,33,34)/t25-/m0/s1. The first kappa shape index (κ1) is 28.5. The zero-order valence-electron chi connectivity index (χ0n) is 22.1. The first-order valence-corrected chi connectivity index (χ1v) is 14.9. The lowest BCUT2D eigenvalue weighted by atomic mass is 10.1. The zero-order chi connectivity index (χ0) is 29.0. The van der Waals surface area contributed by atoms with Crippen molar-refractivity contribution in [3.05, 3.63) is 101 Å². The maximum atomic E-state index is 13.4. The van der Waals surface area contributed by atoms with E-state index >= 15 is 0 Å². The number of hydroxylamine groups is 1. The minimum Gasteiger partial charge on any atom is -0.487 e. The number of benzene rings is 3. The number of anilines is 2. The molecule has 2 aromatic heterocycles. The Labute approximate surface area is 241 Å². The monoisotopic (exact) mass is 596 g/mol. The Bertz CT molecular complexity index is 1800. The van der Waals surface area contributed by atoms with Gasteiger partial charge in [-0.15, -0.1) is 0 Å². The molecule has 0 spiro atoms. The van der Waals surface area contributed by atoms with Crippen molar-refractivity contribution in [2.24, 2.45) is 0 Å². The molecule has 0 amide bonds. The number of ether oxygens (including phenoxy) is 1. The highest BCUT2D eigenvalue weighted by Gasteiger charge is 2.21. The van der Waals surface area contributed by atoms with Gasteiger partial charge in [-0.05, 0) is 66.2 Å². The van der Waals surface area contributed by atoms with Crippen LogP contribution in [0.3, 0.4) is 0 Å². The Kier molecular flexibility index (Phi) is 8.50. The van der Waals surface area contributed by atoms with E-state index in [1.165, 1.54) is 25.6 Å². The average Bonchev–Trinajstić information content (AvgIpc) is 3.42. The molecule has 0 bridgehead atoms. The lowest BCUT2D eigenvalue weighted by molar-refractivity contribution is 0.0606. The number of halogens is 2. The third-order valence-corrected chi connectivity index (χ3v) is 7.33. The fourth-order valence-electron chi connectivity index (χ4n) is 4.24. The molecule has 9 nitrogen and oxygen atoms in total. The molecule has 0 aliphatic heterocycles. The van der Waals surface area contributed by atoms with Gasteiger partial charge in [0.15, 0.2) is 0 Å². The number of nitrogens with zero attached hydrogens (tertiary/aromatic N) is 2. The Morgan fingerprint density at radius 2 is 1.90 bits per heavy atom. The first-order valence-electron chi connectivity index (χ1n) is 12.4. The number of hydrogen-bond donors (Lipinski definition) is 2. The van der Waals surface area contributed by atoms with Crippen LogP contribution in [0.2, 0.25) is 5.02 Å². The second-order valence-electron chi connectivity index (χ2n) is 9.31. The fourth-order valence-corrected chi connectivity index (χ4v) is 5.32. The van der Waals surface area contributed by atoms with Crippen LogP contribution in [0.5, 0.6) is 5.75 Å². The second-order valence-corrected chi connectivity index (χ2v) is 11.9. The molecular formula is C29H26ClFN4O5S. The van der Waals surface area contributed by atoms with E-state index in [9.17, 15) is 12.8 Å². The summed E-state index contributed by atoms with van der Waals surface area (Å²) in [6, 6.07) is 19.8. The van der Waals surface area contributed by atoms with Gasteiger partial charge >= 0.3 is 0 Å². The summed E-state index contributed by atoms with van der Waals surface area (Å²) in [7, 11) is -1.88. The second kappa shape index (κ2) is 12.2. The van der Waals surface area contributed by atoms with Crippen LogP contribution in [-0.4, -0.2) is 37.5 Å². The van der Waals surface area contributed by atoms with Crippen LogP contribution in [0.1, 0.15) is 17.4 Å². The number of rotatable bonds is 11. The Morgan fingerprint density at radius 1 is 1.05 bits per heavy atom. The van der Waals surface area contributed by atoms with Gasteiger partial charge in [0.05, 0.1) is 23.4 Å². The van der Waals surface area contributed by atoms with Crippen molar-refractivity contribution in [3.63, 3.8) is 0 Å². The summed E-state index contributed by atoms with van der Waals surface area (Å²) in [4.78, 5) is 13.7. The van der Waals surface area contributed by atoms with Crippen LogP contribution < -0.4 is 15.5 Å². The molecule has 41 heavy (non-hydrogen) atoms. The third kappa shape index (κ3) is 7.19. The third-order valence-electron chi connectivity index (χ3n) is 6.10. The lowest BCUT2D eigenvalue weighted by Crippen LogP contribution is -2.26. The van der Waals surface area contributed by atoms with E-state index in [-0.39, 0.29) is 18.2 Å². The predicted octanol–water partition coefficient (Wildman–Crippen LogP) is 6.24. The van der Waals surface area contributed by atoms with Crippen molar-refractivity contribution in [2.45, 2.75) is 12.6 Å². The summed E-state index contributed by atoms with van der Waals surface area (Å²) in [6.45, 7) is 0.175. The van der Waals surface area contributed by atoms with Gasteiger partial charge < -0.3 is 19.3 Å². The van der Waals surface area contributed by atoms with Crippen LogP contribution in [0.25, 0.3) is 22.2 Å². The number of aromatic nitrogens is 2. The van der Waals surface area contributed by atoms with E-state index in [4.69, 9.17) is 25.6 Å². The first-order chi connectivity index (χ1) is 19.7. The molecule has 3 aromatic carbocycles. The number of fused-ring (bicyclic) bond motifs is 1. The van der Waals surface area contributed by atoms with Gasteiger partial charge in [-0.25, -0.2) is 22.8 Å². The largest absolute Gasteiger partial charge is 0.487 e. The molecule has 5 aromatic rings. The lowest BCUT2D eigenvalue weighted by Gasteiger charge is -2.14. The van der Waals surface area contributed by atoms with Crippen LogP contribution in [0.4, 0.5) is 15.9 Å². The smallest absolute Gasteiger partial charge is 0.149 e. The maximum Gasteiger partial charge on any atom is 0.149 e. The molecule has 12 heteroatoms. The highest BCUT2D eigenvalue weighted by atomic mass is 35.5. The molecule has 2 N–H and O–H groups in total. The number of hydrogen-bond acceptors (Lipinski definition) is 9. The van der Waals surface area contributed by atoms with Gasteiger partial charge in [-0.3, -0.25) is 0 Å². The molecule has 0 aliphatic rings. The minimum absolute atomic E-state index is 0.175. The normalized spacial score (nSPS) is 12.4. The Balaban J connectivity index is 1.37. The van der Waals surface area contributed by atoms with Crippen LogP contribution in [-0.2, 0) is 21.3 Å². The van der Waals surface area contributed by atoms with E-state index in [0.29, 0.717) is 44.9 Å². The summed E-state index contributed by atoms with van der Waals surface area (Å²) >= 11 is 6.47. The number of sulfone groups is 1. The minimum atomic E-state index is -3.30. The maximum absolute atomic E-state index is 13.4. The average molecular weight is 597 g/mol. The summed E-state index contributed by atoms with van der Waals surface area (Å²) in [5, 5.41) is 4.38. The number of furan rings is 1. The van der Waals surface area contributed by atoms with Gasteiger partial charge in [0.25, 0.3) is 0 Å². The van der Waals surface area contributed by atoms with Crippen molar-refractivity contribution in [1.82, 2.24) is 15.4 Å². The summed E-state index contributed by atoms with van der Waals surface area (Å²) in [5.74, 6) is 1.44. The molecule has 5 rings (SSSR count). The predicted molar refractivity (Wildman–Crippen MR) is 155 cm³/mol. The topological polar surface area (TPSA) is 116 Å². The van der Waals surface area contributed by atoms with E-state index < -0.39 is 15.9 Å². The molecule has 0 saturated heterocycles. The van der Waals surface area contributed by atoms with Gasteiger partial charge in [0.2, 0.25) is 0 Å². The van der Waals surface area contributed by atoms with Crippen molar-refractivity contribution >= 4 is 43.8 Å². The quantitative estimate of drug-likeness (QED) is 0.171.